The van der Waals surface area contributed by atoms with Crippen LogP contribution in [0.2, 0.25) is 0 Å². The number of rotatable bonds is 5. The molecule has 0 N–H and O–H groups in total. The minimum absolute atomic E-state index is 0.0167. The molecule has 0 saturated carbocycles. The Balaban J connectivity index is 2.21. The molecule has 0 aliphatic rings. The van der Waals surface area contributed by atoms with Crippen LogP contribution in [0, 0.1) is 4.91 Å². The summed E-state index contributed by atoms with van der Waals surface area (Å²) >= 11 is 3.11. The molecule has 0 aliphatic carbocycles. The van der Waals surface area contributed by atoms with Crippen LogP contribution in [0.4, 0.5) is 0 Å². The third-order valence-electron chi connectivity index (χ3n) is 2.43. The van der Waals surface area contributed by atoms with Gasteiger partial charge in [-0.1, -0.05) is 30.3 Å². The number of hydrogen-bond donors (Lipinski definition) is 0. The Morgan fingerprint density at radius 3 is 2.70 bits per heavy atom. The topological polar surface area (TPSA) is 77.8 Å². The van der Waals surface area contributed by atoms with Gasteiger partial charge < -0.3 is 4.74 Å². The number of halogens is 1. The Labute approximate surface area is 122 Å². The van der Waals surface area contributed by atoms with Crippen molar-refractivity contribution in [1.29, 1.82) is 0 Å². The molecule has 1 heterocycles. The first-order valence-electron chi connectivity index (χ1n) is 5.57. The van der Waals surface area contributed by atoms with Crippen molar-refractivity contribution in [3.63, 3.8) is 0 Å². The highest BCUT2D eigenvalue weighted by atomic mass is 79.9. The Kier molecular flexibility index (Phi) is 4.78. The van der Waals surface area contributed by atoms with Gasteiger partial charge in [-0.15, -0.1) is 4.91 Å². The van der Waals surface area contributed by atoms with Crippen molar-refractivity contribution in [1.82, 2.24) is 4.98 Å². The Hall–Kier alpha value is -2.28. The van der Waals surface area contributed by atoms with Gasteiger partial charge in [0.15, 0.2) is 5.34 Å². The first-order valence-corrected chi connectivity index (χ1v) is 6.37. The normalized spacial score (nSPS) is 9.85. The molecular weight excluding hydrogens is 328 g/mol. The van der Waals surface area contributed by atoms with Gasteiger partial charge in [0.2, 0.25) is 0 Å². The third kappa shape index (κ3) is 3.39. The van der Waals surface area contributed by atoms with Gasteiger partial charge in [0.1, 0.15) is 22.5 Å². The predicted octanol–water partition coefficient (Wildman–Crippen LogP) is 3.26. The lowest BCUT2D eigenvalue weighted by atomic mass is 10.2. The number of nitrogens with zero attached hydrogens (tertiary/aromatic N) is 2. The van der Waals surface area contributed by atoms with Crippen LogP contribution in [0.3, 0.4) is 0 Å². The van der Waals surface area contributed by atoms with Crippen LogP contribution in [0.5, 0.6) is 5.75 Å². The fraction of sp³-hybridized carbons (Fsp3) is 0.0769. The quantitative estimate of drug-likeness (QED) is 0.475. The number of benzene rings is 1. The van der Waals surface area contributed by atoms with E-state index in [9.17, 15) is 9.70 Å². The van der Waals surface area contributed by atoms with Crippen molar-refractivity contribution in [3.8, 4) is 5.75 Å². The molecule has 0 bridgehead atoms. The molecule has 0 spiro atoms. The molecule has 0 unspecified atom stereocenters. The summed E-state index contributed by atoms with van der Waals surface area (Å²) < 4.78 is 5.78. The summed E-state index contributed by atoms with van der Waals surface area (Å²) in [6, 6.07) is 10.9. The van der Waals surface area contributed by atoms with E-state index < -0.39 is 5.97 Å². The van der Waals surface area contributed by atoms with Crippen LogP contribution >= 0.6 is 15.9 Å². The van der Waals surface area contributed by atoms with Crippen LogP contribution < -0.4 is 4.74 Å². The van der Waals surface area contributed by atoms with Crippen LogP contribution in [0.1, 0.15) is 15.9 Å². The van der Waals surface area contributed by atoms with Crippen LogP contribution in [-0.2, 0) is 11.4 Å². The van der Waals surface area contributed by atoms with Crippen molar-refractivity contribution >= 4 is 21.9 Å². The standard InChI is InChI=1S/C13H9BrN2O4/c14-12-11(13(17)20-16-18)10(6-7-15-12)19-8-9-4-2-1-3-5-9/h1-7H,8H2. The molecule has 0 amide bonds. The summed E-state index contributed by atoms with van der Waals surface area (Å²) in [6.07, 6.45) is 1.47. The van der Waals surface area contributed by atoms with Crippen molar-refractivity contribution in [2.24, 2.45) is 5.34 Å². The smallest absolute Gasteiger partial charge is 0.375 e. The van der Waals surface area contributed by atoms with E-state index >= 15 is 0 Å². The zero-order valence-electron chi connectivity index (χ0n) is 10.2. The first-order chi connectivity index (χ1) is 9.72. The van der Waals surface area contributed by atoms with E-state index in [2.05, 4.69) is 31.1 Å². The maximum absolute atomic E-state index is 11.6. The number of carbonyl (C=O) groups excluding carboxylic acids is 1. The van der Waals surface area contributed by atoms with Gasteiger partial charge >= 0.3 is 5.97 Å². The highest BCUT2D eigenvalue weighted by molar-refractivity contribution is 9.10. The maximum atomic E-state index is 11.6. The molecule has 0 atom stereocenters. The lowest BCUT2D eigenvalue weighted by Crippen LogP contribution is -2.07. The first kappa shape index (κ1) is 14.1. The van der Waals surface area contributed by atoms with Gasteiger partial charge in [-0.3, -0.25) is 4.84 Å². The molecule has 0 fully saturated rings. The van der Waals surface area contributed by atoms with Gasteiger partial charge in [0.25, 0.3) is 0 Å². The van der Waals surface area contributed by atoms with E-state index in [1.807, 2.05) is 30.3 Å². The molecule has 2 aromatic rings. The van der Waals surface area contributed by atoms with E-state index in [1.54, 1.807) is 0 Å². The summed E-state index contributed by atoms with van der Waals surface area (Å²) in [5, 5.41) is 2.11. The molecule has 7 heteroatoms. The number of hydrogen-bond acceptors (Lipinski definition) is 6. The van der Waals surface area contributed by atoms with Gasteiger partial charge in [0.05, 0.1) is 0 Å². The minimum Gasteiger partial charge on any atom is -0.488 e. The van der Waals surface area contributed by atoms with Crippen molar-refractivity contribution in [2.75, 3.05) is 0 Å². The summed E-state index contributed by atoms with van der Waals surface area (Å²) in [5.74, 6) is -0.674. The fourth-order valence-electron chi connectivity index (χ4n) is 1.54. The zero-order chi connectivity index (χ0) is 14.4. The van der Waals surface area contributed by atoms with Gasteiger partial charge in [-0.05, 0) is 27.6 Å². The molecule has 1 aromatic carbocycles. The molecule has 0 aliphatic heterocycles. The summed E-state index contributed by atoms with van der Waals surface area (Å²) in [5.41, 5.74) is 0.955. The Morgan fingerprint density at radius 1 is 1.25 bits per heavy atom. The van der Waals surface area contributed by atoms with Gasteiger partial charge in [-0.2, -0.15) is 0 Å². The number of pyridine rings is 1. The summed E-state index contributed by atoms with van der Waals surface area (Å²) in [4.78, 5) is 29.6. The van der Waals surface area contributed by atoms with E-state index in [4.69, 9.17) is 4.74 Å². The SMILES string of the molecule is O=NOC(=O)c1c(OCc2ccccc2)ccnc1Br. The van der Waals surface area contributed by atoms with Crippen LogP contribution in [0.25, 0.3) is 0 Å². The van der Waals surface area contributed by atoms with Crippen LogP contribution in [0.15, 0.2) is 52.5 Å². The van der Waals surface area contributed by atoms with E-state index in [0.29, 0.717) is 0 Å². The largest absolute Gasteiger partial charge is 0.488 e. The Bertz CT molecular complexity index is 619. The average molecular weight is 337 g/mol. The molecule has 1 aromatic heterocycles. The van der Waals surface area contributed by atoms with Crippen molar-refractivity contribution < 1.29 is 14.4 Å². The fourth-order valence-corrected chi connectivity index (χ4v) is 2.02. The van der Waals surface area contributed by atoms with Crippen molar-refractivity contribution in [2.45, 2.75) is 6.61 Å². The maximum Gasteiger partial charge on any atom is 0.375 e. The zero-order valence-corrected chi connectivity index (χ0v) is 11.7. The minimum atomic E-state index is -0.928. The molecule has 2 rings (SSSR count). The van der Waals surface area contributed by atoms with Crippen molar-refractivity contribution in [3.05, 3.63) is 63.2 Å². The molecular formula is C13H9BrN2O4. The lowest BCUT2D eigenvalue weighted by Gasteiger charge is -2.10. The second kappa shape index (κ2) is 6.76. The summed E-state index contributed by atoms with van der Waals surface area (Å²) in [6.45, 7) is 0.270. The van der Waals surface area contributed by atoms with Gasteiger partial charge in [0, 0.05) is 6.20 Å². The summed E-state index contributed by atoms with van der Waals surface area (Å²) in [7, 11) is 0. The number of ether oxygens (including phenoxy) is 1. The molecule has 0 saturated heterocycles. The van der Waals surface area contributed by atoms with Crippen LogP contribution in [-0.4, -0.2) is 11.0 Å². The molecule has 6 nitrogen and oxygen atoms in total. The average Bonchev–Trinajstić information content (AvgIpc) is 2.46. The van der Waals surface area contributed by atoms with E-state index in [0.717, 1.165) is 5.56 Å². The lowest BCUT2D eigenvalue weighted by molar-refractivity contribution is 0.0501. The molecule has 20 heavy (non-hydrogen) atoms. The highest BCUT2D eigenvalue weighted by Gasteiger charge is 2.20. The Morgan fingerprint density at radius 2 is 2.00 bits per heavy atom. The predicted molar refractivity (Wildman–Crippen MR) is 73.9 cm³/mol. The van der Waals surface area contributed by atoms with E-state index in [-0.39, 0.29) is 22.5 Å². The number of aromatic nitrogens is 1. The highest BCUT2D eigenvalue weighted by Crippen LogP contribution is 2.26. The second-order valence-corrected chi connectivity index (χ2v) is 4.45. The third-order valence-corrected chi connectivity index (χ3v) is 3.03. The monoisotopic (exact) mass is 336 g/mol. The van der Waals surface area contributed by atoms with E-state index in [1.165, 1.54) is 12.3 Å². The van der Waals surface area contributed by atoms with Gasteiger partial charge in [-0.25, -0.2) is 9.78 Å². The second-order valence-electron chi connectivity index (χ2n) is 3.70. The molecule has 0 radical (unpaired) electrons. The molecule has 102 valence electrons. The number of carbonyl (C=O) groups is 1.